The van der Waals surface area contributed by atoms with Gasteiger partial charge in [0.05, 0.1) is 6.61 Å². The number of likely N-dealkylation sites (tertiary alicyclic amines) is 1. The average molecular weight is 544 g/mol. The normalized spacial score (nSPS) is 21.5. The molecular weight excluding hydrogens is 504 g/mol. The van der Waals surface area contributed by atoms with E-state index >= 15 is 0 Å². The Morgan fingerprint density at radius 2 is 1.90 bits per heavy atom. The van der Waals surface area contributed by atoms with E-state index in [1.165, 1.54) is 12.4 Å². The molecule has 39 heavy (non-hydrogen) atoms. The summed E-state index contributed by atoms with van der Waals surface area (Å²) in [5.41, 5.74) is 12.4. The molecule has 4 rings (SSSR count). The van der Waals surface area contributed by atoms with Crippen LogP contribution in [-0.4, -0.2) is 65.6 Å². The first kappa shape index (κ1) is 28.7. The number of benzene rings is 1. The Morgan fingerprint density at radius 3 is 2.62 bits per heavy atom. The van der Waals surface area contributed by atoms with E-state index in [1.54, 1.807) is 11.0 Å². The molecule has 2 amide bonds. The number of amides is 2. The maximum Gasteiger partial charge on any atom is 0.345 e. The average Bonchev–Trinajstić information content (AvgIpc) is 3.31. The number of halogens is 2. The molecule has 9 nitrogen and oxygen atoms in total. The first-order chi connectivity index (χ1) is 18.6. The summed E-state index contributed by atoms with van der Waals surface area (Å²) in [5.74, 6) is 1.15. The topological polar surface area (TPSA) is 123 Å². The van der Waals surface area contributed by atoms with E-state index in [4.69, 9.17) is 16.2 Å². The quantitative estimate of drug-likeness (QED) is 0.382. The summed E-state index contributed by atoms with van der Waals surface area (Å²) in [4.78, 5) is 28.7. The minimum absolute atomic E-state index is 0.0483. The van der Waals surface area contributed by atoms with E-state index in [9.17, 15) is 13.6 Å². The number of hydrogen-bond donors (Lipinski definition) is 2. The Hall–Kier alpha value is -3.34. The number of nitrogens with two attached hydrogens (primary N) is 2. The number of nitrogens with zero attached hydrogens (tertiary/aromatic N) is 5. The third-order valence-corrected chi connectivity index (χ3v) is 7.93. The van der Waals surface area contributed by atoms with E-state index in [0.717, 1.165) is 31.4 Å². The van der Waals surface area contributed by atoms with Crippen LogP contribution >= 0.6 is 0 Å². The van der Waals surface area contributed by atoms with Gasteiger partial charge in [-0.05, 0) is 54.9 Å². The summed E-state index contributed by atoms with van der Waals surface area (Å²) in [6.45, 7) is 8.79. The largest absolute Gasteiger partial charge is 0.478 e. The van der Waals surface area contributed by atoms with Crippen molar-refractivity contribution in [3.8, 4) is 5.88 Å². The van der Waals surface area contributed by atoms with Crippen LogP contribution < -0.4 is 21.1 Å². The highest BCUT2D eigenvalue weighted by Crippen LogP contribution is 2.32. The fourth-order valence-corrected chi connectivity index (χ4v) is 5.28. The molecular formula is C28H39F2N7O2. The lowest BCUT2D eigenvalue weighted by atomic mass is 9.84. The number of rotatable bonds is 8. The number of aromatic nitrogens is 2. The van der Waals surface area contributed by atoms with Gasteiger partial charge in [0.2, 0.25) is 5.88 Å². The molecule has 2 aliphatic rings. The molecule has 4 N–H and O–H groups in total. The van der Waals surface area contributed by atoms with E-state index in [2.05, 4.69) is 21.9 Å². The molecule has 0 aliphatic carbocycles. The fraction of sp³-hybridized carbons (Fsp3) is 0.571. The van der Waals surface area contributed by atoms with Crippen LogP contribution in [0.4, 0.5) is 19.4 Å². The van der Waals surface area contributed by atoms with Crippen molar-refractivity contribution < 1.29 is 18.3 Å². The van der Waals surface area contributed by atoms with Gasteiger partial charge in [0.25, 0.3) is 0 Å². The van der Waals surface area contributed by atoms with Crippen LogP contribution in [0.1, 0.15) is 51.5 Å². The lowest BCUT2D eigenvalue weighted by molar-refractivity contribution is 0.149. The second kappa shape index (κ2) is 12.7. The molecule has 2 aromatic rings. The molecule has 0 radical (unpaired) electrons. The van der Waals surface area contributed by atoms with Crippen LogP contribution in [0.5, 0.6) is 5.88 Å². The summed E-state index contributed by atoms with van der Waals surface area (Å²) in [5, 5.41) is 0. The minimum atomic E-state index is -0.482. The Kier molecular flexibility index (Phi) is 9.32. The zero-order chi connectivity index (χ0) is 28.1. The Labute approximate surface area is 228 Å². The van der Waals surface area contributed by atoms with Crippen molar-refractivity contribution in [1.82, 2.24) is 14.9 Å². The van der Waals surface area contributed by atoms with Crippen molar-refractivity contribution in [3.63, 3.8) is 0 Å². The molecule has 11 heteroatoms. The lowest BCUT2D eigenvalue weighted by Gasteiger charge is -2.34. The molecule has 2 aliphatic heterocycles. The van der Waals surface area contributed by atoms with Gasteiger partial charge < -0.3 is 26.0 Å². The Balaban J connectivity index is 1.25. The number of anilines is 1. The highest BCUT2D eigenvalue weighted by atomic mass is 19.1. The zero-order valence-corrected chi connectivity index (χ0v) is 22.9. The first-order valence-corrected chi connectivity index (χ1v) is 13.7. The van der Waals surface area contributed by atoms with Crippen LogP contribution in [0.25, 0.3) is 0 Å². The van der Waals surface area contributed by atoms with Crippen LogP contribution in [0, 0.1) is 29.4 Å². The summed E-state index contributed by atoms with van der Waals surface area (Å²) in [6.07, 6.45) is 4.14. The van der Waals surface area contributed by atoms with Crippen molar-refractivity contribution in [2.45, 2.75) is 52.0 Å². The molecule has 3 atom stereocenters. The summed E-state index contributed by atoms with van der Waals surface area (Å²) >= 11 is 0. The highest BCUT2D eigenvalue weighted by molar-refractivity contribution is 5.93. The molecule has 0 saturated carbocycles. The smallest absolute Gasteiger partial charge is 0.345 e. The maximum absolute atomic E-state index is 14.3. The predicted octanol–water partition coefficient (Wildman–Crippen LogP) is 3.94. The molecule has 0 spiro atoms. The standard InChI is InChI=1S/C28H39F2N7O2/c1-17(2)27(32)35-28(38)36-9-6-19(7-10-36)18(3)8-11-39-26-13-25(33-16-34-26)37-14-22(24(31)15-37)21-12-20(29)4-5-23(21)30/h4-5,12-13,16-19,22,24H,6-11,14-15,31H2,1-3H3,(H2,32,35,38). The molecule has 1 aromatic heterocycles. The highest BCUT2D eigenvalue weighted by Gasteiger charge is 2.34. The molecule has 212 valence electrons. The lowest BCUT2D eigenvalue weighted by Crippen LogP contribution is -2.39. The van der Waals surface area contributed by atoms with E-state index in [1.807, 2.05) is 18.7 Å². The van der Waals surface area contributed by atoms with Crippen molar-refractivity contribution in [1.29, 1.82) is 0 Å². The zero-order valence-electron chi connectivity index (χ0n) is 22.9. The van der Waals surface area contributed by atoms with Gasteiger partial charge in [-0.25, -0.2) is 23.5 Å². The number of carbonyl (C=O) groups excluding carboxylic acids is 1. The summed E-state index contributed by atoms with van der Waals surface area (Å²) < 4.78 is 34.0. The van der Waals surface area contributed by atoms with E-state index in [0.29, 0.717) is 62.2 Å². The van der Waals surface area contributed by atoms with Gasteiger partial charge in [0.15, 0.2) is 0 Å². The van der Waals surface area contributed by atoms with Crippen LogP contribution in [0.15, 0.2) is 35.6 Å². The maximum atomic E-state index is 14.3. The predicted molar refractivity (Wildman–Crippen MR) is 147 cm³/mol. The molecule has 3 heterocycles. The first-order valence-electron chi connectivity index (χ1n) is 13.7. The van der Waals surface area contributed by atoms with Gasteiger partial charge in [-0.1, -0.05) is 20.8 Å². The van der Waals surface area contributed by atoms with Crippen LogP contribution in [-0.2, 0) is 0 Å². The van der Waals surface area contributed by atoms with Crippen molar-refractivity contribution in [2.24, 2.45) is 34.2 Å². The number of piperidine rings is 1. The molecule has 2 fully saturated rings. The molecule has 0 bridgehead atoms. The number of hydrogen-bond acceptors (Lipinski definition) is 6. The van der Waals surface area contributed by atoms with Crippen molar-refractivity contribution in [3.05, 3.63) is 47.8 Å². The SMILES string of the molecule is CC(C)C(N)=NC(=O)N1CCC(C(C)CCOc2cc(N3CC(N)C(c4cc(F)ccc4F)C3)ncn2)CC1. The summed E-state index contributed by atoms with van der Waals surface area (Å²) in [7, 11) is 0. The van der Waals surface area contributed by atoms with Gasteiger partial charge in [0.1, 0.15) is 29.6 Å². The number of ether oxygens (including phenoxy) is 1. The van der Waals surface area contributed by atoms with Crippen LogP contribution in [0.2, 0.25) is 0 Å². The second-order valence-electron chi connectivity index (χ2n) is 11.0. The fourth-order valence-electron chi connectivity index (χ4n) is 5.28. The summed E-state index contributed by atoms with van der Waals surface area (Å²) in [6, 6.07) is 4.62. The van der Waals surface area contributed by atoms with Gasteiger partial charge >= 0.3 is 6.03 Å². The number of carbonyl (C=O) groups is 1. The van der Waals surface area contributed by atoms with Crippen molar-refractivity contribution >= 4 is 17.7 Å². The van der Waals surface area contributed by atoms with E-state index < -0.39 is 11.6 Å². The van der Waals surface area contributed by atoms with Gasteiger partial charge in [0, 0.05) is 50.1 Å². The molecule has 1 aromatic carbocycles. The van der Waals surface area contributed by atoms with Crippen molar-refractivity contribution in [2.75, 3.05) is 37.7 Å². The number of amidine groups is 1. The number of aliphatic imine (C=N–C) groups is 1. The number of urea groups is 1. The second-order valence-corrected chi connectivity index (χ2v) is 11.0. The van der Waals surface area contributed by atoms with E-state index in [-0.39, 0.29) is 29.5 Å². The monoisotopic (exact) mass is 543 g/mol. The van der Waals surface area contributed by atoms with Gasteiger partial charge in [-0.15, -0.1) is 0 Å². The third kappa shape index (κ3) is 7.20. The van der Waals surface area contributed by atoms with Crippen LogP contribution in [0.3, 0.4) is 0 Å². The molecule has 2 saturated heterocycles. The Morgan fingerprint density at radius 1 is 1.15 bits per heavy atom. The van der Waals surface area contributed by atoms with Gasteiger partial charge in [-0.3, -0.25) is 0 Å². The third-order valence-electron chi connectivity index (χ3n) is 7.93. The van der Waals surface area contributed by atoms with Gasteiger partial charge in [-0.2, -0.15) is 4.99 Å². The Bertz CT molecular complexity index is 1170. The molecule has 3 unspecified atom stereocenters. The minimum Gasteiger partial charge on any atom is -0.478 e.